The first-order valence-corrected chi connectivity index (χ1v) is 6.20. The first-order chi connectivity index (χ1) is 6.88. The van der Waals surface area contributed by atoms with Crippen LogP contribution in [0.2, 0.25) is 0 Å². The number of nitrogens with zero attached hydrogens (tertiary/aromatic N) is 1. The lowest BCUT2D eigenvalue weighted by Crippen LogP contribution is -2.29. The van der Waals surface area contributed by atoms with Crippen LogP contribution in [0.3, 0.4) is 0 Å². The van der Waals surface area contributed by atoms with E-state index in [1.54, 1.807) is 0 Å². The van der Waals surface area contributed by atoms with E-state index in [-0.39, 0.29) is 0 Å². The van der Waals surface area contributed by atoms with Gasteiger partial charge < -0.3 is 9.64 Å². The van der Waals surface area contributed by atoms with Gasteiger partial charge in [0.05, 0.1) is 0 Å². The average Bonchev–Trinajstić information content (AvgIpc) is 2.65. The SMILES string of the molecule is CCOCCCCN1CCC[C@H]1CC. The van der Waals surface area contributed by atoms with Gasteiger partial charge in [-0.1, -0.05) is 6.92 Å². The predicted octanol–water partition coefficient (Wildman–Crippen LogP) is 2.68. The zero-order chi connectivity index (χ0) is 10.2. The van der Waals surface area contributed by atoms with E-state index in [9.17, 15) is 0 Å². The molecule has 1 rings (SSSR count). The molecule has 1 heterocycles. The van der Waals surface area contributed by atoms with E-state index in [0.717, 1.165) is 19.3 Å². The molecule has 0 amide bonds. The van der Waals surface area contributed by atoms with Gasteiger partial charge in [0.15, 0.2) is 0 Å². The van der Waals surface area contributed by atoms with E-state index in [4.69, 9.17) is 4.74 Å². The Labute approximate surface area is 88.6 Å². The molecule has 0 aromatic rings. The molecule has 14 heavy (non-hydrogen) atoms. The van der Waals surface area contributed by atoms with E-state index >= 15 is 0 Å². The fourth-order valence-electron chi connectivity index (χ4n) is 2.32. The van der Waals surface area contributed by atoms with Crippen molar-refractivity contribution in [2.45, 2.75) is 52.0 Å². The van der Waals surface area contributed by atoms with Crippen LogP contribution in [0, 0.1) is 0 Å². The van der Waals surface area contributed by atoms with Crippen molar-refractivity contribution in [3.8, 4) is 0 Å². The van der Waals surface area contributed by atoms with Crippen LogP contribution in [0.1, 0.15) is 46.0 Å². The Morgan fingerprint density at radius 2 is 2.14 bits per heavy atom. The summed E-state index contributed by atoms with van der Waals surface area (Å²) >= 11 is 0. The highest BCUT2D eigenvalue weighted by Crippen LogP contribution is 2.19. The second kappa shape index (κ2) is 7.24. The minimum absolute atomic E-state index is 0.862. The van der Waals surface area contributed by atoms with Crippen LogP contribution in [0.5, 0.6) is 0 Å². The summed E-state index contributed by atoms with van der Waals surface area (Å²) in [5.74, 6) is 0. The normalized spacial score (nSPS) is 23.1. The third-order valence-electron chi connectivity index (χ3n) is 3.16. The number of unbranched alkanes of at least 4 members (excludes halogenated alkanes) is 1. The lowest BCUT2D eigenvalue weighted by molar-refractivity contribution is 0.138. The summed E-state index contributed by atoms with van der Waals surface area (Å²) in [5, 5.41) is 0. The van der Waals surface area contributed by atoms with Crippen LogP contribution in [0.4, 0.5) is 0 Å². The maximum absolute atomic E-state index is 5.33. The van der Waals surface area contributed by atoms with Crippen LogP contribution in [-0.4, -0.2) is 37.2 Å². The number of likely N-dealkylation sites (tertiary alicyclic amines) is 1. The van der Waals surface area contributed by atoms with Crippen LogP contribution in [-0.2, 0) is 4.74 Å². The molecule has 2 nitrogen and oxygen atoms in total. The second-order valence-corrected chi connectivity index (χ2v) is 4.14. The summed E-state index contributed by atoms with van der Waals surface area (Å²) in [5.41, 5.74) is 0. The molecule has 0 unspecified atom stereocenters. The summed E-state index contributed by atoms with van der Waals surface area (Å²) in [6, 6.07) is 0.877. The molecule has 1 aliphatic rings. The van der Waals surface area contributed by atoms with E-state index in [1.807, 2.05) is 0 Å². The van der Waals surface area contributed by atoms with Gasteiger partial charge in [0, 0.05) is 19.3 Å². The van der Waals surface area contributed by atoms with Gasteiger partial charge in [-0.3, -0.25) is 0 Å². The quantitative estimate of drug-likeness (QED) is 0.584. The van der Waals surface area contributed by atoms with Crippen molar-refractivity contribution in [3.05, 3.63) is 0 Å². The minimum Gasteiger partial charge on any atom is -0.382 e. The van der Waals surface area contributed by atoms with Gasteiger partial charge in [-0.2, -0.15) is 0 Å². The monoisotopic (exact) mass is 199 g/mol. The smallest absolute Gasteiger partial charge is 0.0466 e. The maximum atomic E-state index is 5.33. The lowest BCUT2D eigenvalue weighted by atomic mass is 10.1. The van der Waals surface area contributed by atoms with Crippen molar-refractivity contribution < 1.29 is 4.74 Å². The van der Waals surface area contributed by atoms with Crippen molar-refractivity contribution in [3.63, 3.8) is 0 Å². The molecular weight excluding hydrogens is 174 g/mol. The van der Waals surface area contributed by atoms with Crippen LogP contribution < -0.4 is 0 Å². The standard InChI is InChI=1S/C12H25NO/c1-3-12-8-7-10-13(12)9-5-6-11-14-4-2/h12H,3-11H2,1-2H3/t12-/m1/s1. The Morgan fingerprint density at radius 3 is 2.86 bits per heavy atom. The van der Waals surface area contributed by atoms with E-state index < -0.39 is 0 Å². The molecule has 0 spiro atoms. The van der Waals surface area contributed by atoms with E-state index in [0.29, 0.717) is 0 Å². The highest BCUT2D eigenvalue weighted by atomic mass is 16.5. The van der Waals surface area contributed by atoms with Crippen molar-refractivity contribution in [1.82, 2.24) is 4.90 Å². The van der Waals surface area contributed by atoms with Gasteiger partial charge in [-0.15, -0.1) is 0 Å². The van der Waals surface area contributed by atoms with Crippen LogP contribution in [0.15, 0.2) is 0 Å². The Kier molecular flexibility index (Phi) is 6.20. The summed E-state index contributed by atoms with van der Waals surface area (Å²) in [6.07, 6.45) is 6.68. The molecule has 0 radical (unpaired) electrons. The molecule has 1 aliphatic heterocycles. The minimum atomic E-state index is 0.862. The molecule has 1 saturated heterocycles. The Bertz CT molecular complexity index is 138. The summed E-state index contributed by atoms with van der Waals surface area (Å²) in [4.78, 5) is 2.66. The maximum Gasteiger partial charge on any atom is 0.0466 e. The lowest BCUT2D eigenvalue weighted by Gasteiger charge is -2.22. The van der Waals surface area contributed by atoms with Crippen molar-refractivity contribution in [1.29, 1.82) is 0 Å². The Hall–Kier alpha value is -0.0800. The largest absolute Gasteiger partial charge is 0.382 e. The van der Waals surface area contributed by atoms with Crippen molar-refractivity contribution in [2.75, 3.05) is 26.3 Å². The van der Waals surface area contributed by atoms with Gasteiger partial charge >= 0.3 is 0 Å². The Morgan fingerprint density at radius 1 is 1.29 bits per heavy atom. The molecular formula is C12H25NO. The summed E-state index contributed by atoms with van der Waals surface area (Å²) < 4.78 is 5.33. The van der Waals surface area contributed by atoms with E-state index in [1.165, 1.54) is 45.2 Å². The first kappa shape index (κ1) is 12.0. The second-order valence-electron chi connectivity index (χ2n) is 4.14. The molecule has 0 aromatic heterocycles. The fraction of sp³-hybridized carbons (Fsp3) is 1.00. The number of ether oxygens (including phenoxy) is 1. The molecule has 0 N–H and O–H groups in total. The molecule has 0 aromatic carbocycles. The van der Waals surface area contributed by atoms with Gasteiger partial charge in [-0.25, -0.2) is 0 Å². The van der Waals surface area contributed by atoms with Gasteiger partial charge in [0.2, 0.25) is 0 Å². The molecule has 84 valence electrons. The highest BCUT2D eigenvalue weighted by molar-refractivity contribution is 4.77. The third-order valence-corrected chi connectivity index (χ3v) is 3.16. The van der Waals surface area contributed by atoms with Crippen molar-refractivity contribution >= 4 is 0 Å². The van der Waals surface area contributed by atoms with E-state index in [2.05, 4.69) is 18.7 Å². The predicted molar refractivity (Wildman–Crippen MR) is 60.6 cm³/mol. The summed E-state index contributed by atoms with van der Waals surface area (Å²) in [7, 11) is 0. The highest BCUT2D eigenvalue weighted by Gasteiger charge is 2.21. The van der Waals surface area contributed by atoms with Crippen LogP contribution in [0.25, 0.3) is 0 Å². The summed E-state index contributed by atoms with van der Waals surface area (Å²) in [6.45, 7) is 8.79. The molecule has 1 atom stereocenters. The molecule has 0 bridgehead atoms. The molecule has 1 fully saturated rings. The fourth-order valence-corrected chi connectivity index (χ4v) is 2.32. The van der Waals surface area contributed by atoms with Crippen LogP contribution >= 0.6 is 0 Å². The molecule has 0 aliphatic carbocycles. The third kappa shape index (κ3) is 3.97. The van der Waals surface area contributed by atoms with Gasteiger partial charge in [-0.05, 0) is 52.1 Å². The number of hydrogen-bond acceptors (Lipinski definition) is 2. The zero-order valence-corrected chi connectivity index (χ0v) is 9.80. The average molecular weight is 199 g/mol. The molecule has 0 saturated carbocycles. The number of hydrogen-bond donors (Lipinski definition) is 0. The van der Waals surface area contributed by atoms with Gasteiger partial charge in [0.25, 0.3) is 0 Å². The number of rotatable bonds is 7. The van der Waals surface area contributed by atoms with Crippen molar-refractivity contribution in [2.24, 2.45) is 0 Å². The van der Waals surface area contributed by atoms with Gasteiger partial charge in [0.1, 0.15) is 0 Å². The molecule has 2 heteroatoms. The zero-order valence-electron chi connectivity index (χ0n) is 9.80. The topological polar surface area (TPSA) is 12.5 Å². The first-order valence-electron chi connectivity index (χ1n) is 6.20. The Balaban J connectivity index is 2.00.